The minimum absolute atomic E-state index is 0.400. The highest BCUT2D eigenvalue weighted by Gasteiger charge is 2.23. The zero-order chi connectivity index (χ0) is 40.0. The Balaban J connectivity index is 0.00000231. The molecule has 1 atom stereocenters. The van der Waals surface area contributed by atoms with Gasteiger partial charge in [-0.15, -0.1) is 0 Å². The summed E-state index contributed by atoms with van der Waals surface area (Å²) in [7, 11) is 0. The average molecular weight is 753 g/mol. The maximum Gasteiger partial charge on any atom is 0.0900 e. The summed E-state index contributed by atoms with van der Waals surface area (Å²) < 4.78 is 2.48. The van der Waals surface area contributed by atoms with Crippen LogP contribution in [-0.4, -0.2) is 19.5 Å². The van der Waals surface area contributed by atoms with Crippen molar-refractivity contribution in [2.24, 2.45) is 5.92 Å². The third-order valence-electron chi connectivity index (χ3n) is 11.0. The lowest BCUT2D eigenvalue weighted by molar-refractivity contribution is 0.708. The van der Waals surface area contributed by atoms with Gasteiger partial charge in [0.25, 0.3) is 0 Å². The van der Waals surface area contributed by atoms with Gasteiger partial charge in [-0.05, 0) is 108 Å². The van der Waals surface area contributed by atoms with Crippen LogP contribution in [0.1, 0.15) is 45.4 Å². The molecule has 4 heterocycles. The van der Waals surface area contributed by atoms with Gasteiger partial charge in [-0.2, -0.15) is 0 Å². The molecule has 284 valence electrons. The van der Waals surface area contributed by atoms with Crippen LogP contribution in [0.4, 0.5) is 0 Å². The van der Waals surface area contributed by atoms with Crippen LogP contribution in [0.2, 0.25) is 0 Å². The molecule has 0 saturated carbocycles. The third-order valence-corrected chi connectivity index (χ3v) is 11.0. The highest BCUT2D eigenvalue weighted by atomic mass is 15.0. The Bertz CT molecular complexity index is 2700. The van der Waals surface area contributed by atoms with Crippen LogP contribution in [-0.2, 0) is 0 Å². The summed E-state index contributed by atoms with van der Waals surface area (Å²) in [6.07, 6.45) is 11.4. The third kappa shape index (κ3) is 7.49. The monoisotopic (exact) mass is 752 g/mol. The number of para-hydroxylation sites is 1. The zero-order valence-corrected chi connectivity index (χ0v) is 33.9. The lowest BCUT2D eigenvalue weighted by Crippen LogP contribution is -2.08. The second-order valence-electron chi connectivity index (χ2n) is 14.5. The van der Waals surface area contributed by atoms with Gasteiger partial charge in [-0.3, -0.25) is 9.97 Å². The Morgan fingerprint density at radius 1 is 0.586 bits per heavy atom. The first kappa shape index (κ1) is 38.0. The molecule has 9 rings (SSSR count). The molecule has 0 fully saturated rings. The van der Waals surface area contributed by atoms with E-state index >= 15 is 0 Å². The molecule has 4 aromatic carbocycles. The predicted molar refractivity (Wildman–Crippen MR) is 245 cm³/mol. The minimum atomic E-state index is 0.400. The van der Waals surface area contributed by atoms with Crippen molar-refractivity contribution in [2.45, 2.75) is 41.0 Å². The molecule has 0 N–H and O–H groups in total. The Morgan fingerprint density at radius 2 is 1.14 bits per heavy atom. The molecule has 0 spiro atoms. The lowest BCUT2D eigenvalue weighted by atomic mass is 9.83. The van der Waals surface area contributed by atoms with Gasteiger partial charge in [0.2, 0.25) is 0 Å². The Kier molecular flexibility index (Phi) is 11.2. The van der Waals surface area contributed by atoms with E-state index in [0.717, 1.165) is 40.3 Å². The van der Waals surface area contributed by atoms with E-state index in [2.05, 4.69) is 169 Å². The molecular weight excluding hydrogens is 705 g/mol. The van der Waals surface area contributed by atoms with E-state index in [4.69, 9.17) is 4.98 Å². The normalized spacial score (nSPS) is 14.0. The van der Waals surface area contributed by atoms with Crippen molar-refractivity contribution >= 4 is 22.2 Å². The Hall–Kier alpha value is -6.91. The first-order valence-corrected chi connectivity index (χ1v) is 20.3. The van der Waals surface area contributed by atoms with E-state index < -0.39 is 0 Å². The van der Waals surface area contributed by atoms with Gasteiger partial charge < -0.3 is 4.57 Å². The van der Waals surface area contributed by atoms with E-state index in [0.29, 0.717) is 5.92 Å². The first-order chi connectivity index (χ1) is 28.5. The van der Waals surface area contributed by atoms with Crippen molar-refractivity contribution in [1.82, 2.24) is 19.5 Å². The van der Waals surface area contributed by atoms with Crippen LogP contribution in [0.5, 0.6) is 0 Å². The van der Waals surface area contributed by atoms with Gasteiger partial charge in [-0.25, -0.2) is 4.98 Å². The minimum Gasteiger partial charge on any atom is -0.317 e. The van der Waals surface area contributed by atoms with E-state index in [1.807, 2.05) is 50.2 Å². The summed E-state index contributed by atoms with van der Waals surface area (Å²) in [4.78, 5) is 14.1. The molecule has 8 aromatic rings. The van der Waals surface area contributed by atoms with Gasteiger partial charge in [-0.1, -0.05) is 148 Å². The van der Waals surface area contributed by atoms with E-state index in [-0.39, 0.29) is 0 Å². The van der Waals surface area contributed by atoms with Crippen LogP contribution < -0.4 is 0 Å². The van der Waals surface area contributed by atoms with Crippen LogP contribution in [0.3, 0.4) is 0 Å². The molecule has 4 heteroatoms. The molecule has 0 radical (unpaired) electrons. The summed E-state index contributed by atoms with van der Waals surface area (Å²) in [6, 6.07) is 53.6. The maximum absolute atomic E-state index is 4.95. The summed E-state index contributed by atoms with van der Waals surface area (Å²) in [5.41, 5.74) is 17.9. The Morgan fingerprint density at radius 3 is 1.72 bits per heavy atom. The molecule has 0 saturated heterocycles. The molecule has 4 aromatic heterocycles. The standard InChI is InChI=1S/C52H42N4.C2H6/c1-35-15-7-8-18-44(35)51(36(2)56-37(3)52(41-16-5-4-6-17-41)45-19-9-10-22-50(45)56)42-29-27-39(28-30-42)38-23-25-40(26-24-38)43-33-48(46-20-11-13-31-53-46)55-49(34-43)47-21-12-14-32-54-47;1-2/h4-14,16-35H,15H2,1-3H3;1-2H3/b51-36+;. The second-order valence-corrected chi connectivity index (χ2v) is 14.5. The number of fused-ring (bicyclic) bond motifs is 1. The highest BCUT2D eigenvalue weighted by molar-refractivity contribution is 6.03. The molecule has 1 aliphatic rings. The van der Waals surface area contributed by atoms with Crippen molar-refractivity contribution in [3.05, 3.63) is 199 Å². The molecule has 4 nitrogen and oxygen atoms in total. The van der Waals surface area contributed by atoms with Crippen molar-refractivity contribution in [3.63, 3.8) is 0 Å². The summed E-state index contributed by atoms with van der Waals surface area (Å²) in [6.45, 7) is 10.9. The Labute approximate surface area is 342 Å². The molecule has 0 aliphatic heterocycles. The van der Waals surface area contributed by atoms with Crippen molar-refractivity contribution in [2.75, 3.05) is 0 Å². The largest absolute Gasteiger partial charge is 0.317 e. The van der Waals surface area contributed by atoms with Gasteiger partial charge in [0, 0.05) is 40.3 Å². The van der Waals surface area contributed by atoms with Crippen molar-refractivity contribution < 1.29 is 0 Å². The fraction of sp³-hybridized carbons (Fsp3) is 0.130. The van der Waals surface area contributed by atoms with Crippen molar-refractivity contribution in [3.8, 4) is 56.2 Å². The topological polar surface area (TPSA) is 43.6 Å². The van der Waals surface area contributed by atoms with Gasteiger partial charge >= 0.3 is 0 Å². The van der Waals surface area contributed by atoms with E-state index in [1.54, 1.807) is 12.4 Å². The SMILES string of the molecule is C/C(=C(\C1=CC=CCC1C)c1ccc(-c2ccc(-c3cc(-c4ccccn4)nc(-c4ccccn4)c3)cc2)cc1)n1c(C)c(-c2ccccc2)c2ccccc21.CC. The number of hydrogen-bond acceptors (Lipinski definition) is 3. The molecule has 58 heavy (non-hydrogen) atoms. The van der Waals surface area contributed by atoms with E-state index in [9.17, 15) is 0 Å². The molecule has 1 aliphatic carbocycles. The zero-order valence-electron chi connectivity index (χ0n) is 33.9. The van der Waals surface area contributed by atoms with Gasteiger partial charge in [0.15, 0.2) is 0 Å². The summed E-state index contributed by atoms with van der Waals surface area (Å²) >= 11 is 0. The number of benzene rings is 4. The number of allylic oxidation sites excluding steroid dienone is 6. The molecular formula is C54H48N4. The molecule has 1 unspecified atom stereocenters. The van der Waals surface area contributed by atoms with Crippen LogP contribution in [0.25, 0.3) is 78.3 Å². The maximum atomic E-state index is 4.95. The number of hydrogen-bond donors (Lipinski definition) is 0. The quantitative estimate of drug-likeness (QED) is 0.155. The second kappa shape index (κ2) is 17.1. The van der Waals surface area contributed by atoms with Crippen LogP contribution in [0.15, 0.2) is 188 Å². The molecule has 0 bridgehead atoms. The van der Waals surface area contributed by atoms with Gasteiger partial charge in [0.05, 0.1) is 28.3 Å². The summed E-state index contributed by atoms with van der Waals surface area (Å²) in [5, 5.41) is 1.27. The van der Waals surface area contributed by atoms with Crippen LogP contribution >= 0.6 is 0 Å². The predicted octanol–water partition coefficient (Wildman–Crippen LogP) is 14.4. The van der Waals surface area contributed by atoms with E-state index in [1.165, 1.54) is 61.3 Å². The lowest BCUT2D eigenvalue weighted by Gasteiger charge is -2.25. The fourth-order valence-electron chi connectivity index (χ4n) is 8.21. The number of nitrogens with zero attached hydrogens (tertiary/aromatic N) is 4. The molecule has 0 amide bonds. The number of pyridine rings is 3. The smallest absolute Gasteiger partial charge is 0.0900 e. The van der Waals surface area contributed by atoms with Crippen LogP contribution in [0, 0.1) is 12.8 Å². The first-order valence-electron chi connectivity index (χ1n) is 20.3. The summed E-state index contributed by atoms with van der Waals surface area (Å²) in [5.74, 6) is 0.400. The van der Waals surface area contributed by atoms with Gasteiger partial charge in [0.1, 0.15) is 0 Å². The average Bonchev–Trinajstić information content (AvgIpc) is 3.60. The number of aromatic nitrogens is 4. The highest BCUT2D eigenvalue weighted by Crippen LogP contribution is 2.42. The fourth-order valence-corrected chi connectivity index (χ4v) is 8.21. The number of rotatable bonds is 8. The van der Waals surface area contributed by atoms with Crippen molar-refractivity contribution in [1.29, 1.82) is 0 Å².